The summed E-state index contributed by atoms with van der Waals surface area (Å²) in [7, 11) is 1.70. The van der Waals surface area contributed by atoms with Gasteiger partial charge in [-0.05, 0) is 19.1 Å². The zero-order valence-electron chi connectivity index (χ0n) is 9.73. The van der Waals surface area contributed by atoms with Gasteiger partial charge in [0.05, 0.1) is 17.6 Å². The fourth-order valence-electron chi connectivity index (χ4n) is 1.80. The average Bonchev–Trinajstić information content (AvgIpc) is 2.67. The molecule has 0 saturated carbocycles. The summed E-state index contributed by atoms with van der Waals surface area (Å²) in [6.45, 7) is 4.50. The van der Waals surface area contributed by atoms with Crippen LogP contribution in [-0.2, 0) is 11.3 Å². The van der Waals surface area contributed by atoms with E-state index in [4.69, 9.17) is 4.74 Å². The van der Waals surface area contributed by atoms with Gasteiger partial charge in [0.2, 0.25) is 5.95 Å². The number of methoxy groups -OCH3 is 1. The lowest BCUT2D eigenvalue weighted by molar-refractivity contribution is 0.210. The van der Waals surface area contributed by atoms with Gasteiger partial charge in [-0.2, -0.15) is 0 Å². The van der Waals surface area contributed by atoms with E-state index in [-0.39, 0.29) is 0 Å². The van der Waals surface area contributed by atoms with Crippen molar-refractivity contribution in [2.75, 3.05) is 25.6 Å². The van der Waals surface area contributed by atoms with E-state index < -0.39 is 0 Å². The molecule has 0 saturated heterocycles. The fourth-order valence-corrected chi connectivity index (χ4v) is 1.80. The molecule has 0 aliphatic rings. The van der Waals surface area contributed by atoms with E-state index in [2.05, 4.69) is 27.9 Å². The molecule has 0 bridgehead atoms. The SMILES string of the molecule is CCn1c(NCCOC)nc2ccccc21. The second kappa shape index (κ2) is 4.99. The summed E-state index contributed by atoms with van der Waals surface area (Å²) in [6, 6.07) is 8.17. The van der Waals surface area contributed by atoms with Crippen LogP contribution < -0.4 is 5.32 Å². The quantitative estimate of drug-likeness (QED) is 0.783. The number of imidazole rings is 1. The van der Waals surface area contributed by atoms with Crippen LogP contribution in [0.2, 0.25) is 0 Å². The molecule has 4 nitrogen and oxygen atoms in total. The molecule has 1 aromatic carbocycles. The zero-order valence-corrected chi connectivity index (χ0v) is 9.73. The highest BCUT2D eigenvalue weighted by Crippen LogP contribution is 2.18. The van der Waals surface area contributed by atoms with E-state index in [1.54, 1.807) is 7.11 Å². The minimum absolute atomic E-state index is 0.687. The number of rotatable bonds is 5. The maximum Gasteiger partial charge on any atom is 0.203 e. The average molecular weight is 219 g/mol. The van der Waals surface area contributed by atoms with Crippen molar-refractivity contribution >= 4 is 17.0 Å². The molecule has 2 aromatic rings. The topological polar surface area (TPSA) is 39.1 Å². The highest BCUT2D eigenvalue weighted by molar-refractivity contribution is 5.78. The highest BCUT2D eigenvalue weighted by atomic mass is 16.5. The van der Waals surface area contributed by atoms with Crippen molar-refractivity contribution in [1.82, 2.24) is 9.55 Å². The molecule has 86 valence electrons. The minimum atomic E-state index is 0.687. The number of para-hydroxylation sites is 2. The van der Waals surface area contributed by atoms with E-state index >= 15 is 0 Å². The molecule has 4 heteroatoms. The number of aromatic nitrogens is 2. The molecule has 0 aliphatic heterocycles. The Hall–Kier alpha value is -1.55. The van der Waals surface area contributed by atoms with Gasteiger partial charge in [0.1, 0.15) is 0 Å². The molecule has 16 heavy (non-hydrogen) atoms. The molecule has 0 fully saturated rings. The van der Waals surface area contributed by atoms with Crippen LogP contribution >= 0.6 is 0 Å². The molecule has 1 aromatic heterocycles. The van der Waals surface area contributed by atoms with Crippen LogP contribution in [0.1, 0.15) is 6.92 Å². The van der Waals surface area contributed by atoms with E-state index in [9.17, 15) is 0 Å². The number of anilines is 1. The summed E-state index contributed by atoms with van der Waals surface area (Å²) >= 11 is 0. The third kappa shape index (κ3) is 2.02. The van der Waals surface area contributed by atoms with Crippen molar-refractivity contribution in [2.24, 2.45) is 0 Å². The van der Waals surface area contributed by atoms with Gasteiger partial charge < -0.3 is 14.6 Å². The molecule has 2 rings (SSSR count). The molecule has 1 heterocycles. The van der Waals surface area contributed by atoms with Crippen LogP contribution in [0.25, 0.3) is 11.0 Å². The van der Waals surface area contributed by atoms with Gasteiger partial charge in [-0.1, -0.05) is 12.1 Å². The number of benzene rings is 1. The first-order chi connectivity index (χ1) is 7.86. The van der Waals surface area contributed by atoms with Gasteiger partial charge in [0, 0.05) is 20.2 Å². The first-order valence-corrected chi connectivity index (χ1v) is 5.55. The fraction of sp³-hybridized carbons (Fsp3) is 0.417. The van der Waals surface area contributed by atoms with Gasteiger partial charge in [-0.25, -0.2) is 4.98 Å². The summed E-state index contributed by atoms with van der Waals surface area (Å²) in [6.07, 6.45) is 0. The van der Waals surface area contributed by atoms with E-state index in [1.165, 1.54) is 5.52 Å². The lowest BCUT2D eigenvalue weighted by Gasteiger charge is -2.07. The number of hydrogen-bond acceptors (Lipinski definition) is 3. The van der Waals surface area contributed by atoms with Crippen LogP contribution in [0.3, 0.4) is 0 Å². The molecule has 0 spiro atoms. The smallest absolute Gasteiger partial charge is 0.203 e. The van der Waals surface area contributed by atoms with Crippen LogP contribution in [0.5, 0.6) is 0 Å². The van der Waals surface area contributed by atoms with Gasteiger partial charge in [-0.3, -0.25) is 0 Å². The number of nitrogens with zero attached hydrogens (tertiary/aromatic N) is 2. The monoisotopic (exact) mass is 219 g/mol. The normalized spacial score (nSPS) is 10.9. The predicted molar refractivity (Wildman–Crippen MR) is 65.8 cm³/mol. The largest absolute Gasteiger partial charge is 0.383 e. The highest BCUT2D eigenvalue weighted by Gasteiger charge is 2.07. The summed E-state index contributed by atoms with van der Waals surface area (Å²) in [5, 5.41) is 3.28. The summed E-state index contributed by atoms with van der Waals surface area (Å²) < 4.78 is 7.18. The molecular weight excluding hydrogens is 202 g/mol. The number of ether oxygens (including phenoxy) is 1. The van der Waals surface area contributed by atoms with Gasteiger partial charge in [0.25, 0.3) is 0 Å². The van der Waals surface area contributed by atoms with Crippen LogP contribution in [0.4, 0.5) is 5.95 Å². The Morgan fingerprint density at radius 1 is 1.38 bits per heavy atom. The maximum atomic E-state index is 5.01. The number of hydrogen-bond donors (Lipinski definition) is 1. The number of nitrogens with one attached hydrogen (secondary N) is 1. The van der Waals surface area contributed by atoms with Crippen molar-refractivity contribution in [2.45, 2.75) is 13.5 Å². The van der Waals surface area contributed by atoms with Gasteiger partial charge >= 0.3 is 0 Å². The Balaban J connectivity index is 2.29. The van der Waals surface area contributed by atoms with E-state index in [1.807, 2.05) is 18.2 Å². The van der Waals surface area contributed by atoms with Gasteiger partial charge in [0.15, 0.2) is 0 Å². The third-order valence-electron chi connectivity index (χ3n) is 2.56. The molecule has 0 aliphatic carbocycles. The minimum Gasteiger partial charge on any atom is -0.383 e. The Morgan fingerprint density at radius 2 is 2.19 bits per heavy atom. The molecule has 0 unspecified atom stereocenters. The van der Waals surface area contributed by atoms with Crippen LogP contribution in [-0.4, -0.2) is 29.8 Å². The first-order valence-electron chi connectivity index (χ1n) is 5.55. The Bertz CT molecular complexity index is 464. The Morgan fingerprint density at radius 3 is 2.94 bits per heavy atom. The first kappa shape index (κ1) is 11.0. The van der Waals surface area contributed by atoms with Crippen molar-refractivity contribution in [3.05, 3.63) is 24.3 Å². The standard InChI is InChI=1S/C12H17N3O/c1-3-15-11-7-5-4-6-10(11)14-12(15)13-8-9-16-2/h4-7H,3,8-9H2,1-2H3,(H,13,14). The zero-order chi connectivity index (χ0) is 11.4. The molecule has 0 radical (unpaired) electrons. The number of aryl methyl sites for hydroxylation is 1. The van der Waals surface area contributed by atoms with Crippen molar-refractivity contribution in [3.63, 3.8) is 0 Å². The molecule has 0 amide bonds. The van der Waals surface area contributed by atoms with E-state index in [0.717, 1.165) is 24.6 Å². The lowest BCUT2D eigenvalue weighted by atomic mass is 10.3. The Kier molecular flexibility index (Phi) is 3.41. The lowest BCUT2D eigenvalue weighted by Crippen LogP contribution is -2.12. The second-order valence-corrected chi connectivity index (χ2v) is 3.59. The maximum absolute atomic E-state index is 5.01. The third-order valence-corrected chi connectivity index (χ3v) is 2.56. The second-order valence-electron chi connectivity index (χ2n) is 3.59. The molecule has 1 N–H and O–H groups in total. The van der Waals surface area contributed by atoms with E-state index in [0.29, 0.717) is 6.61 Å². The van der Waals surface area contributed by atoms with Crippen molar-refractivity contribution in [3.8, 4) is 0 Å². The summed E-state index contributed by atoms with van der Waals surface area (Å²) in [5.41, 5.74) is 2.20. The molecule has 0 atom stereocenters. The van der Waals surface area contributed by atoms with Crippen LogP contribution in [0.15, 0.2) is 24.3 Å². The van der Waals surface area contributed by atoms with Crippen molar-refractivity contribution in [1.29, 1.82) is 0 Å². The predicted octanol–water partition coefficient (Wildman–Crippen LogP) is 2.11. The van der Waals surface area contributed by atoms with Gasteiger partial charge in [-0.15, -0.1) is 0 Å². The Labute approximate surface area is 95.2 Å². The van der Waals surface area contributed by atoms with Crippen LogP contribution in [0, 0.1) is 0 Å². The molecular formula is C12H17N3O. The number of fused-ring (bicyclic) bond motifs is 1. The van der Waals surface area contributed by atoms with Crippen molar-refractivity contribution < 1.29 is 4.74 Å². The summed E-state index contributed by atoms with van der Waals surface area (Å²) in [4.78, 5) is 4.55. The summed E-state index contributed by atoms with van der Waals surface area (Å²) in [5.74, 6) is 0.917.